The van der Waals surface area contributed by atoms with E-state index < -0.39 is 78.8 Å². The lowest BCUT2D eigenvalue weighted by atomic mass is 9.83. The number of nitrogens with zero attached hydrogens (tertiary/aromatic N) is 1. The molecule has 2 N–H and O–H groups in total. The molecule has 0 aromatic carbocycles. The van der Waals surface area contributed by atoms with Gasteiger partial charge in [-0.05, 0) is 46.4 Å². The van der Waals surface area contributed by atoms with Crippen molar-refractivity contribution in [2.75, 3.05) is 21.2 Å². The minimum atomic E-state index is -1.33. The molecule has 12 nitrogen and oxygen atoms in total. The predicted molar refractivity (Wildman–Crippen MR) is 156 cm³/mol. The van der Waals surface area contributed by atoms with Crippen molar-refractivity contribution in [3.05, 3.63) is 24.3 Å². The number of carbonyl (C=O) groups excluding carboxylic acids is 4. The van der Waals surface area contributed by atoms with E-state index in [4.69, 9.17) is 23.7 Å². The van der Waals surface area contributed by atoms with Crippen LogP contribution in [0.15, 0.2) is 24.3 Å². The van der Waals surface area contributed by atoms with Gasteiger partial charge < -0.3 is 43.6 Å². The Morgan fingerprint density at radius 2 is 1.81 bits per heavy atom. The van der Waals surface area contributed by atoms with Crippen molar-refractivity contribution in [2.24, 2.45) is 11.8 Å². The average Bonchev–Trinajstić information content (AvgIpc) is 2.94. The van der Waals surface area contributed by atoms with Crippen LogP contribution in [-0.2, 0) is 42.9 Å². The summed E-state index contributed by atoms with van der Waals surface area (Å²) in [6.45, 7) is 6.70. The summed E-state index contributed by atoms with van der Waals surface area (Å²) in [5.41, 5.74) is 0. The van der Waals surface area contributed by atoms with Crippen molar-refractivity contribution in [3.63, 3.8) is 0 Å². The maximum atomic E-state index is 13.0. The summed E-state index contributed by atoms with van der Waals surface area (Å²) in [4.78, 5) is 52.2. The summed E-state index contributed by atoms with van der Waals surface area (Å²) >= 11 is 0. The molecule has 1 fully saturated rings. The maximum Gasteiger partial charge on any atom is 0.309 e. The Morgan fingerprint density at radius 3 is 2.42 bits per heavy atom. The van der Waals surface area contributed by atoms with Gasteiger partial charge in [-0.15, -0.1) is 0 Å². The van der Waals surface area contributed by atoms with E-state index in [9.17, 15) is 29.4 Å². The molecule has 1 saturated heterocycles. The smallest absolute Gasteiger partial charge is 0.309 e. The summed E-state index contributed by atoms with van der Waals surface area (Å²) in [5, 5.41) is 22.0. The molecule has 0 saturated carbocycles. The summed E-state index contributed by atoms with van der Waals surface area (Å²) in [7, 11) is 4.76. The van der Waals surface area contributed by atoms with Gasteiger partial charge in [-0.1, -0.05) is 32.1 Å². The molecule has 0 amide bonds. The molecule has 11 atom stereocenters. The molecule has 43 heavy (non-hydrogen) atoms. The zero-order valence-electron chi connectivity index (χ0n) is 26.3. The topological polar surface area (TPSA) is 158 Å². The van der Waals surface area contributed by atoms with E-state index in [1.54, 1.807) is 64.9 Å². The monoisotopic (exact) mass is 611 g/mol. The number of esters is 2. The normalized spacial score (nSPS) is 38.2. The largest absolute Gasteiger partial charge is 0.462 e. The van der Waals surface area contributed by atoms with E-state index in [1.807, 2.05) is 0 Å². The highest BCUT2D eigenvalue weighted by atomic mass is 16.7. The van der Waals surface area contributed by atoms with Crippen molar-refractivity contribution in [1.29, 1.82) is 0 Å². The molecule has 0 bridgehead atoms. The van der Waals surface area contributed by atoms with E-state index in [0.717, 1.165) is 0 Å². The molecular weight excluding hydrogens is 562 g/mol. The Bertz CT molecular complexity index is 983. The minimum Gasteiger partial charge on any atom is -0.462 e. The van der Waals surface area contributed by atoms with Crippen LogP contribution in [0.4, 0.5) is 0 Å². The van der Waals surface area contributed by atoms with Gasteiger partial charge in [0.05, 0.1) is 30.8 Å². The number of hydrogen-bond acceptors (Lipinski definition) is 12. The van der Waals surface area contributed by atoms with Crippen LogP contribution in [0.5, 0.6) is 0 Å². The zero-order valence-corrected chi connectivity index (χ0v) is 26.3. The average molecular weight is 612 g/mol. The van der Waals surface area contributed by atoms with Crippen LogP contribution in [0.2, 0.25) is 0 Å². The van der Waals surface area contributed by atoms with Crippen molar-refractivity contribution < 1.29 is 53.1 Å². The number of aliphatic hydroxyl groups excluding tert-OH is 2. The molecule has 2 aliphatic heterocycles. The number of hydrogen-bond donors (Lipinski definition) is 2. The van der Waals surface area contributed by atoms with Crippen LogP contribution in [0.25, 0.3) is 0 Å². The molecule has 12 heteroatoms. The first-order valence-corrected chi connectivity index (χ1v) is 14.9. The third-order valence-electron chi connectivity index (χ3n) is 7.91. The lowest BCUT2D eigenvalue weighted by Gasteiger charge is -2.46. The first-order chi connectivity index (χ1) is 20.3. The Hall–Kier alpha value is -2.48. The van der Waals surface area contributed by atoms with Gasteiger partial charge in [0.2, 0.25) is 0 Å². The maximum absolute atomic E-state index is 13.0. The van der Waals surface area contributed by atoms with E-state index in [1.165, 1.54) is 13.2 Å². The van der Waals surface area contributed by atoms with Crippen LogP contribution < -0.4 is 0 Å². The number of carbonyl (C=O) groups is 4. The van der Waals surface area contributed by atoms with E-state index in [0.29, 0.717) is 12.7 Å². The fraction of sp³-hybridized carbons (Fsp3) is 0.742. The van der Waals surface area contributed by atoms with Gasteiger partial charge in [0, 0.05) is 32.3 Å². The second-order valence-electron chi connectivity index (χ2n) is 11.6. The molecule has 0 radical (unpaired) electrons. The third kappa shape index (κ3) is 10.6. The first-order valence-electron chi connectivity index (χ1n) is 14.9. The number of likely N-dealkylation sites (N-methyl/N-ethyl adjacent to an activating group) is 1. The summed E-state index contributed by atoms with van der Waals surface area (Å²) in [6.07, 6.45) is -0.952. The van der Waals surface area contributed by atoms with Gasteiger partial charge in [-0.3, -0.25) is 14.4 Å². The highest BCUT2D eigenvalue weighted by Gasteiger charge is 2.48. The first kappa shape index (κ1) is 36.7. The summed E-state index contributed by atoms with van der Waals surface area (Å²) in [5.74, 6) is -2.63. The van der Waals surface area contributed by atoms with Gasteiger partial charge in [-0.2, -0.15) is 0 Å². The van der Waals surface area contributed by atoms with Gasteiger partial charge in [0.1, 0.15) is 30.7 Å². The standard InChI is InChI=1S/C31H49NO11/c1-8-24(35)42-23-17-25(36)40-19(3)12-10-9-11-13-22(34)18(2)16-21(14-15-33)29(30(23)39-7)43-31-28(38)26(32(5)6)27(37)20(4)41-31/h9-11,13,15,18-21,23,26-31,37-38H,8,12,14,16-17H2,1-7H3/b10-9+,13-11+/t18-,19-,20-,21+,23-,26+,27-,28-,29+,30+,31+/m1/s1. The van der Waals surface area contributed by atoms with Gasteiger partial charge in [-0.25, -0.2) is 0 Å². The number of cyclic esters (lactones) is 1. The van der Waals surface area contributed by atoms with Crippen LogP contribution >= 0.6 is 0 Å². The SMILES string of the molecule is CCC(=O)O[C@@H]1CC(=O)O[C@H](C)C/C=C/C=C/C(=O)[C@H](C)C[C@H](CC=O)[C@H](O[C@@H]2O[C@H](C)[C@@H](O)[C@H](N(C)C)[C@H]2O)[C@H]1OC. The fourth-order valence-electron chi connectivity index (χ4n) is 5.53. The highest BCUT2D eigenvalue weighted by molar-refractivity contribution is 5.91. The summed E-state index contributed by atoms with van der Waals surface area (Å²) in [6, 6.07) is -0.755. The molecule has 0 aromatic rings. The Kier molecular flexibility index (Phi) is 15.1. The number of methoxy groups -OCH3 is 1. The van der Waals surface area contributed by atoms with E-state index in [2.05, 4.69) is 0 Å². The highest BCUT2D eigenvalue weighted by Crippen LogP contribution is 2.33. The van der Waals surface area contributed by atoms with Gasteiger partial charge in [0.15, 0.2) is 12.1 Å². The molecule has 244 valence electrons. The third-order valence-corrected chi connectivity index (χ3v) is 7.91. The van der Waals surface area contributed by atoms with Crippen LogP contribution in [0.1, 0.15) is 59.8 Å². The second-order valence-corrected chi connectivity index (χ2v) is 11.6. The predicted octanol–water partition coefficient (Wildman–Crippen LogP) is 1.74. The molecule has 2 heterocycles. The van der Waals surface area contributed by atoms with E-state index in [-0.39, 0.29) is 31.5 Å². The van der Waals surface area contributed by atoms with Gasteiger partial charge >= 0.3 is 11.9 Å². The summed E-state index contributed by atoms with van der Waals surface area (Å²) < 4.78 is 29.4. The number of allylic oxidation sites excluding steroid dienone is 3. The van der Waals surface area contributed by atoms with Crippen molar-refractivity contribution in [1.82, 2.24) is 4.90 Å². The Morgan fingerprint density at radius 1 is 1.12 bits per heavy atom. The molecular formula is C31H49NO11. The molecule has 2 aliphatic rings. The lowest BCUT2D eigenvalue weighted by Crippen LogP contribution is -2.63. The second kappa shape index (κ2) is 17.7. The van der Waals surface area contributed by atoms with Crippen molar-refractivity contribution in [3.8, 4) is 0 Å². The van der Waals surface area contributed by atoms with Gasteiger partial charge in [0.25, 0.3) is 0 Å². The number of aldehydes is 1. The molecule has 0 aromatic heterocycles. The molecule has 0 unspecified atom stereocenters. The number of ketones is 1. The van der Waals surface area contributed by atoms with Crippen molar-refractivity contribution >= 4 is 24.0 Å². The van der Waals surface area contributed by atoms with Crippen LogP contribution in [0, 0.1) is 11.8 Å². The number of ether oxygens (including phenoxy) is 5. The molecule has 2 rings (SSSR count). The van der Waals surface area contributed by atoms with Crippen LogP contribution in [0.3, 0.4) is 0 Å². The van der Waals surface area contributed by atoms with Crippen molar-refractivity contribution in [2.45, 2.75) is 115 Å². The number of aliphatic hydroxyl groups is 2. The zero-order chi connectivity index (χ0) is 32.3. The fourth-order valence-corrected chi connectivity index (χ4v) is 5.53. The quantitative estimate of drug-likeness (QED) is 0.303. The van der Waals surface area contributed by atoms with Crippen LogP contribution in [-0.4, -0.2) is 115 Å². The number of rotatable bonds is 8. The van der Waals surface area contributed by atoms with E-state index >= 15 is 0 Å². The molecule has 0 spiro atoms. The minimum absolute atomic E-state index is 0.0225. The molecule has 0 aliphatic carbocycles. The Balaban J connectivity index is 2.63. The Labute approximate surface area is 254 Å². The lowest BCUT2D eigenvalue weighted by molar-refractivity contribution is -0.309.